The molecule has 0 spiro atoms. The lowest BCUT2D eigenvalue weighted by atomic mass is 9.85. The smallest absolute Gasteiger partial charge is 0.116 e. The highest BCUT2D eigenvalue weighted by Gasteiger charge is 2.23. The Morgan fingerprint density at radius 2 is 2.31 bits per heavy atom. The van der Waals surface area contributed by atoms with E-state index in [4.69, 9.17) is 5.73 Å². The van der Waals surface area contributed by atoms with Gasteiger partial charge in [0.25, 0.3) is 0 Å². The quantitative estimate of drug-likeness (QED) is 0.852. The molecule has 0 saturated heterocycles. The molecule has 3 heteroatoms. The van der Waals surface area contributed by atoms with E-state index >= 15 is 0 Å². The minimum atomic E-state index is 0.677. The Morgan fingerprint density at radius 1 is 1.44 bits per heavy atom. The van der Waals surface area contributed by atoms with Crippen molar-refractivity contribution in [2.24, 2.45) is 5.73 Å². The van der Waals surface area contributed by atoms with Gasteiger partial charge in [0.1, 0.15) is 5.82 Å². The van der Waals surface area contributed by atoms with Crippen LogP contribution in [0, 0.1) is 0 Å². The molecular weight excluding hydrogens is 198 g/mol. The number of rotatable bonds is 3. The maximum atomic E-state index is 5.63. The van der Waals surface area contributed by atoms with Gasteiger partial charge in [-0.25, -0.2) is 4.98 Å². The minimum Gasteiger partial charge on any atom is -0.330 e. The number of pyridine rings is 1. The van der Waals surface area contributed by atoms with Crippen molar-refractivity contribution in [2.75, 3.05) is 6.54 Å². The van der Waals surface area contributed by atoms with Gasteiger partial charge in [-0.2, -0.15) is 0 Å². The van der Waals surface area contributed by atoms with Crippen LogP contribution in [0.4, 0.5) is 0 Å². The molecule has 2 aromatic rings. The molecule has 16 heavy (non-hydrogen) atoms. The molecule has 0 amide bonds. The lowest BCUT2D eigenvalue weighted by Crippen LogP contribution is -2.12. The number of hydrogen-bond donors (Lipinski definition) is 1. The van der Waals surface area contributed by atoms with Crippen molar-refractivity contribution >= 4 is 5.52 Å². The van der Waals surface area contributed by atoms with Crippen LogP contribution in [0.2, 0.25) is 0 Å². The minimum absolute atomic E-state index is 0.677. The van der Waals surface area contributed by atoms with Crippen molar-refractivity contribution in [3.8, 4) is 0 Å². The van der Waals surface area contributed by atoms with Gasteiger partial charge in [-0.05, 0) is 37.4 Å². The molecule has 0 unspecified atom stereocenters. The predicted octanol–water partition coefficient (Wildman–Crippen LogP) is 2.10. The Hall–Kier alpha value is -1.35. The number of imidazole rings is 1. The van der Waals surface area contributed by atoms with Gasteiger partial charge >= 0.3 is 0 Å². The summed E-state index contributed by atoms with van der Waals surface area (Å²) in [6.07, 6.45) is 8.98. The summed E-state index contributed by atoms with van der Waals surface area (Å²) in [7, 11) is 0. The first-order chi connectivity index (χ1) is 7.90. The third kappa shape index (κ3) is 1.43. The number of hydrogen-bond acceptors (Lipinski definition) is 2. The molecule has 3 nitrogen and oxygen atoms in total. The van der Waals surface area contributed by atoms with E-state index in [2.05, 4.69) is 27.7 Å². The number of nitrogens with zero attached hydrogens (tertiary/aromatic N) is 2. The van der Waals surface area contributed by atoms with Crippen LogP contribution < -0.4 is 5.73 Å². The fourth-order valence-electron chi connectivity index (χ4n) is 2.44. The fourth-order valence-corrected chi connectivity index (χ4v) is 2.44. The van der Waals surface area contributed by atoms with Gasteiger partial charge in [-0.3, -0.25) is 0 Å². The summed E-state index contributed by atoms with van der Waals surface area (Å²) in [6, 6.07) is 4.25. The molecule has 1 fully saturated rings. The second-order valence-electron chi connectivity index (χ2n) is 4.57. The topological polar surface area (TPSA) is 43.3 Å². The third-order valence-corrected chi connectivity index (χ3v) is 3.57. The standard InChI is InChI=1S/C13H17N3/c14-7-6-10-5-2-8-16-12(10)9-15-13(16)11-3-1-4-11/h2,5,8-9,11H,1,3-4,6-7,14H2. The molecule has 1 aliphatic carbocycles. The van der Waals surface area contributed by atoms with Crippen molar-refractivity contribution in [3.63, 3.8) is 0 Å². The molecule has 0 aliphatic heterocycles. The van der Waals surface area contributed by atoms with E-state index in [0.29, 0.717) is 12.5 Å². The van der Waals surface area contributed by atoms with Crippen molar-refractivity contribution < 1.29 is 0 Å². The van der Waals surface area contributed by atoms with E-state index in [0.717, 1.165) is 6.42 Å². The van der Waals surface area contributed by atoms with Crippen LogP contribution in [0.3, 0.4) is 0 Å². The van der Waals surface area contributed by atoms with Gasteiger partial charge in [0.15, 0.2) is 0 Å². The van der Waals surface area contributed by atoms with Crippen molar-refractivity contribution in [1.29, 1.82) is 0 Å². The molecule has 1 aliphatic rings. The first kappa shape index (κ1) is 9.85. The van der Waals surface area contributed by atoms with E-state index in [1.54, 1.807) is 0 Å². The van der Waals surface area contributed by atoms with Gasteiger partial charge in [0.05, 0.1) is 11.7 Å². The van der Waals surface area contributed by atoms with E-state index < -0.39 is 0 Å². The Bertz CT molecular complexity index is 497. The molecule has 84 valence electrons. The molecule has 0 atom stereocenters. The Morgan fingerprint density at radius 3 is 3.00 bits per heavy atom. The summed E-state index contributed by atoms with van der Waals surface area (Å²) < 4.78 is 2.24. The number of aromatic nitrogens is 2. The monoisotopic (exact) mass is 215 g/mol. The maximum Gasteiger partial charge on any atom is 0.116 e. The molecule has 2 aromatic heterocycles. The molecule has 1 saturated carbocycles. The van der Waals surface area contributed by atoms with Crippen LogP contribution in [-0.2, 0) is 6.42 Å². The second-order valence-corrected chi connectivity index (χ2v) is 4.57. The number of nitrogens with two attached hydrogens (primary N) is 1. The lowest BCUT2D eigenvalue weighted by molar-refractivity contribution is 0.400. The summed E-state index contributed by atoms with van der Waals surface area (Å²) in [5.41, 5.74) is 8.17. The predicted molar refractivity (Wildman–Crippen MR) is 64.5 cm³/mol. The highest BCUT2D eigenvalue weighted by Crippen LogP contribution is 2.35. The van der Waals surface area contributed by atoms with E-state index in [1.165, 1.54) is 36.2 Å². The van der Waals surface area contributed by atoms with Gasteiger partial charge < -0.3 is 10.1 Å². The van der Waals surface area contributed by atoms with Crippen LogP contribution in [0.5, 0.6) is 0 Å². The zero-order valence-corrected chi connectivity index (χ0v) is 9.39. The largest absolute Gasteiger partial charge is 0.330 e. The van der Waals surface area contributed by atoms with Crippen molar-refractivity contribution in [2.45, 2.75) is 31.6 Å². The van der Waals surface area contributed by atoms with Crippen LogP contribution in [0.25, 0.3) is 5.52 Å². The maximum absolute atomic E-state index is 5.63. The summed E-state index contributed by atoms with van der Waals surface area (Å²) >= 11 is 0. The van der Waals surface area contributed by atoms with E-state index in [1.807, 2.05) is 6.20 Å². The molecule has 0 aromatic carbocycles. The number of fused-ring (bicyclic) bond motifs is 1. The van der Waals surface area contributed by atoms with Gasteiger partial charge in [0.2, 0.25) is 0 Å². The summed E-state index contributed by atoms with van der Waals surface area (Å²) in [4.78, 5) is 4.58. The third-order valence-electron chi connectivity index (χ3n) is 3.57. The first-order valence-corrected chi connectivity index (χ1v) is 6.05. The second kappa shape index (κ2) is 3.91. The lowest BCUT2D eigenvalue weighted by Gasteiger charge is -2.24. The molecule has 0 radical (unpaired) electrons. The average molecular weight is 215 g/mol. The van der Waals surface area contributed by atoms with Crippen molar-refractivity contribution in [1.82, 2.24) is 9.38 Å². The summed E-state index contributed by atoms with van der Waals surface area (Å²) in [6.45, 7) is 0.698. The molecule has 2 N–H and O–H groups in total. The Balaban J connectivity index is 2.08. The molecular formula is C13H17N3. The molecule has 3 rings (SSSR count). The highest BCUT2D eigenvalue weighted by atomic mass is 15.0. The Kier molecular flexibility index (Phi) is 2.40. The fraction of sp³-hybridized carbons (Fsp3) is 0.462. The zero-order chi connectivity index (χ0) is 11.0. The van der Waals surface area contributed by atoms with Crippen LogP contribution >= 0.6 is 0 Å². The van der Waals surface area contributed by atoms with Gasteiger partial charge in [0, 0.05) is 12.1 Å². The van der Waals surface area contributed by atoms with E-state index in [9.17, 15) is 0 Å². The molecule has 0 bridgehead atoms. The molecule has 2 heterocycles. The zero-order valence-electron chi connectivity index (χ0n) is 9.39. The van der Waals surface area contributed by atoms with E-state index in [-0.39, 0.29) is 0 Å². The van der Waals surface area contributed by atoms with Gasteiger partial charge in [-0.1, -0.05) is 12.5 Å². The van der Waals surface area contributed by atoms with Crippen molar-refractivity contribution in [3.05, 3.63) is 35.9 Å². The summed E-state index contributed by atoms with van der Waals surface area (Å²) in [5, 5.41) is 0. The normalized spacial score (nSPS) is 16.6. The SMILES string of the molecule is NCCc1cccn2c(C3CCC3)ncc12. The Labute approximate surface area is 95.3 Å². The van der Waals surface area contributed by atoms with Gasteiger partial charge in [-0.15, -0.1) is 0 Å². The highest BCUT2D eigenvalue weighted by molar-refractivity contribution is 5.54. The van der Waals surface area contributed by atoms with Crippen LogP contribution in [0.15, 0.2) is 24.5 Å². The van der Waals surface area contributed by atoms with Crippen LogP contribution in [0.1, 0.15) is 36.6 Å². The summed E-state index contributed by atoms with van der Waals surface area (Å²) in [5.74, 6) is 1.91. The first-order valence-electron chi connectivity index (χ1n) is 6.05. The average Bonchev–Trinajstić information content (AvgIpc) is 2.62. The van der Waals surface area contributed by atoms with Crippen LogP contribution in [-0.4, -0.2) is 15.9 Å².